The van der Waals surface area contributed by atoms with Crippen LogP contribution in [0.3, 0.4) is 0 Å². The number of ether oxygens (including phenoxy) is 3. The van der Waals surface area contributed by atoms with E-state index in [9.17, 15) is 0 Å². The van der Waals surface area contributed by atoms with Crippen LogP contribution in [-0.4, -0.2) is 58.5 Å². The van der Waals surface area contributed by atoms with E-state index in [-0.39, 0.29) is 6.10 Å². The number of hydrogen-bond acceptors (Lipinski definition) is 5. The molecule has 2 unspecified atom stereocenters. The molecule has 0 bridgehead atoms. The van der Waals surface area contributed by atoms with Crippen LogP contribution in [0, 0.1) is 5.92 Å². The van der Waals surface area contributed by atoms with Crippen molar-refractivity contribution in [3.63, 3.8) is 0 Å². The first-order valence-corrected chi connectivity index (χ1v) is 13.0. The molecule has 6 rings (SSSR count). The zero-order chi connectivity index (χ0) is 22.5. The Bertz CT molecular complexity index is 972. The van der Waals surface area contributed by atoms with E-state index in [1.54, 1.807) is 5.57 Å². The minimum atomic E-state index is 0.142. The molecule has 1 aliphatic carbocycles. The first-order valence-electron chi connectivity index (χ1n) is 13.0. The van der Waals surface area contributed by atoms with E-state index in [4.69, 9.17) is 14.2 Å². The van der Waals surface area contributed by atoms with Crippen LogP contribution in [0.15, 0.2) is 22.9 Å². The number of piperidine rings is 1. The van der Waals surface area contributed by atoms with Crippen LogP contribution < -0.4 is 14.4 Å². The molecule has 5 nitrogen and oxygen atoms in total. The third kappa shape index (κ3) is 3.30. The number of allylic oxidation sites excluding steroid dienone is 1. The predicted octanol–water partition coefficient (Wildman–Crippen LogP) is 4.66. The average Bonchev–Trinajstić information content (AvgIpc) is 2.85. The molecule has 1 fully saturated rings. The zero-order valence-corrected chi connectivity index (χ0v) is 20.5. The highest BCUT2D eigenvalue weighted by molar-refractivity contribution is 5.74. The summed E-state index contributed by atoms with van der Waals surface area (Å²) in [5, 5.41) is 0. The van der Waals surface area contributed by atoms with Crippen molar-refractivity contribution >= 4 is 5.69 Å². The maximum absolute atomic E-state index is 6.24. The number of rotatable bonds is 5. The summed E-state index contributed by atoms with van der Waals surface area (Å²) in [5.41, 5.74) is 10.1. The molecule has 178 valence electrons. The van der Waals surface area contributed by atoms with Gasteiger partial charge < -0.3 is 24.0 Å². The molecule has 4 aliphatic heterocycles. The molecule has 2 atom stereocenters. The number of methoxy groups -OCH3 is 3. The quantitative estimate of drug-likeness (QED) is 0.652. The Hall–Kier alpha value is -2.14. The Balaban J connectivity index is 1.45. The second-order valence-electron chi connectivity index (χ2n) is 10.3. The van der Waals surface area contributed by atoms with E-state index in [0.717, 1.165) is 50.3 Å². The molecule has 0 radical (unpaired) electrons. The van der Waals surface area contributed by atoms with Crippen molar-refractivity contribution in [1.82, 2.24) is 4.90 Å². The number of benzene rings is 1. The average molecular weight is 451 g/mol. The summed E-state index contributed by atoms with van der Waals surface area (Å²) in [7, 11) is 5.59. The van der Waals surface area contributed by atoms with Gasteiger partial charge in [0.1, 0.15) is 11.5 Å². The molecule has 0 N–H and O–H groups in total. The largest absolute Gasteiger partial charge is 0.496 e. The van der Waals surface area contributed by atoms with E-state index in [1.165, 1.54) is 78.8 Å². The molecule has 0 aromatic heterocycles. The lowest BCUT2D eigenvalue weighted by atomic mass is 9.75. The predicted molar refractivity (Wildman–Crippen MR) is 132 cm³/mol. The summed E-state index contributed by atoms with van der Waals surface area (Å²) < 4.78 is 18.6. The van der Waals surface area contributed by atoms with Crippen LogP contribution in [0.25, 0.3) is 0 Å². The van der Waals surface area contributed by atoms with Crippen LogP contribution in [0.5, 0.6) is 11.5 Å². The monoisotopic (exact) mass is 450 g/mol. The molecule has 1 aromatic carbocycles. The topological polar surface area (TPSA) is 34.2 Å². The smallest absolute Gasteiger partial charge is 0.131 e. The van der Waals surface area contributed by atoms with E-state index in [2.05, 4.69) is 15.9 Å². The summed E-state index contributed by atoms with van der Waals surface area (Å²) in [5.74, 6) is 2.46. The normalized spacial score (nSPS) is 26.0. The van der Waals surface area contributed by atoms with Crippen LogP contribution in [0.2, 0.25) is 0 Å². The zero-order valence-electron chi connectivity index (χ0n) is 20.5. The minimum absolute atomic E-state index is 0.142. The van der Waals surface area contributed by atoms with Gasteiger partial charge >= 0.3 is 0 Å². The molecular formula is C28H38N2O3. The highest BCUT2D eigenvalue weighted by Crippen LogP contribution is 2.50. The molecule has 0 saturated carbocycles. The maximum Gasteiger partial charge on any atom is 0.131 e. The van der Waals surface area contributed by atoms with Gasteiger partial charge in [-0.2, -0.15) is 0 Å². The Morgan fingerprint density at radius 2 is 1.39 bits per heavy atom. The van der Waals surface area contributed by atoms with Crippen LogP contribution >= 0.6 is 0 Å². The van der Waals surface area contributed by atoms with Crippen LogP contribution in [0.1, 0.15) is 55.2 Å². The fraction of sp³-hybridized carbons (Fsp3) is 0.643. The van der Waals surface area contributed by atoms with Crippen molar-refractivity contribution in [3.05, 3.63) is 39.6 Å². The standard InChI is InChI=1S/C28H38N2O3/c1-31-26-19(16-18-8-4-12-29-13-5-9-20(26)24(18)29)17-23-27(32-2)21-10-6-14-30-15-7-11-22(25(21)30)28(23)33-3/h16,19,26H,4-15,17H2,1-3H3. The SMILES string of the molecule is COc1c(CC2C=C3CCCN4CCCC(=C34)C2OC)c(OC)c2c3c1CCCN3CCC2. The van der Waals surface area contributed by atoms with Gasteiger partial charge in [0.15, 0.2) is 0 Å². The molecular weight excluding hydrogens is 412 g/mol. The lowest BCUT2D eigenvalue weighted by molar-refractivity contribution is 0.0823. The number of hydrogen-bond donors (Lipinski definition) is 0. The fourth-order valence-electron chi connectivity index (χ4n) is 7.48. The van der Waals surface area contributed by atoms with Crippen LogP contribution in [0.4, 0.5) is 5.69 Å². The number of nitrogens with zero attached hydrogens (tertiary/aromatic N) is 2. The van der Waals surface area contributed by atoms with E-state index >= 15 is 0 Å². The van der Waals surface area contributed by atoms with Crippen molar-refractivity contribution < 1.29 is 14.2 Å². The first-order chi connectivity index (χ1) is 16.2. The lowest BCUT2D eigenvalue weighted by Crippen LogP contribution is -2.41. The minimum Gasteiger partial charge on any atom is -0.496 e. The second-order valence-corrected chi connectivity index (χ2v) is 10.3. The molecule has 1 aromatic rings. The van der Waals surface area contributed by atoms with Crippen molar-refractivity contribution in [2.75, 3.05) is 52.4 Å². The fourth-order valence-corrected chi connectivity index (χ4v) is 7.48. The number of anilines is 1. The molecule has 1 saturated heterocycles. The molecule has 0 amide bonds. The van der Waals surface area contributed by atoms with Gasteiger partial charge in [0.2, 0.25) is 0 Å². The molecule has 4 heterocycles. The molecule has 5 heteroatoms. The van der Waals surface area contributed by atoms with Gasteiger partial charge in [-0.1, -0.05) is 6.08 Å². The van der Waals surface area contributed by atoms with Gasteiger partial charge in [-0.3, -0.25) is 0 Å². The van der Waals surface area contributed by atoms with Crippen LogP contribution in [-0.2, 0) is 24.0 Å². The Morgan fingerprint density at radius 1 is 0.788 bits per heavy atom. The highest BCUT2D eigenvalue weighted by atomic mass is 16.5. The summed E-state index contributed by atoms with van der Waals surface area (Å²) in [6.45, 7) is 4.70. The van der Waals surface area contributed by atoms with E-state index in [1.807, 2.05) is 21.3 Å². The summed E-state index contributed by atoms with van der Waals surface area (Å²) in [6.07, 6.45) is 13.1. The molecule has 5 aliphatic rings. The summed E-state index contributed by atoms with van der Waals surface area (Å²) >= 11 is 0. The molecule has 33 heavy (non-hydrogen) atoms. The van der Waals surface area contributed by atoms with Crippen molar-refractivity contribution in [2.45, 2.75) is 63.9 Å². The molecule has 0 spiro atoms. The Labute approximate surface area is 198 Å². The van der Waals surface area contributed by atoms with Gasteiger partial charge in [0, 0.05) is 61.6 Å². The van der Waals surface area contributed by atoms with E-state index in [0.29, 0.717) is 5.92 Å². The van der Waals surface area contributed by atoms with Gasteiger partial charge in [0.25, 0.3) is 0 Å². The van der Waals surface area contributed by atoms with Crippen molar-refractivity contribution in [3.8, 4) is 11.5 Å². The van der Waals surface area contributed by atoms with Gasteiger partial charge in [-0.05, 0) is 68.9 Å². The van der Waals surface area contributed by atoms with Gasteiger partial charge in [-0.25, -0.2) is 0 Å². The Kier molecular flexibility index (Phi) is 5.56. The van der Waals surface area contributed by atoms with Crippen molar-refractivity contribution in [1.29, 1.82) is 0 Å². The third-order valence-electron chi connectivity index (χ3n) is 8.62. The first kappa shape index (κ1) is 21.4. The maximum atomic E-state index is 6.24. The third-order valence-corrected chi connectivity index (χ3v) is 8.62. The summed E-state index contributed by atoms with van der Waals surface area (Å²) in [4.78, 5) is 5.19. The Morgan fingerprint density at radius 3 is 2.03 bits per heavy atom. The van der Waals surface area contributed by atoms with Crippen molar-refractivity contribution in [2.24, 2.45) is 5.92 Å². The second kappa shape index (κ2) is 8.57. The lowest BCUT2D eigenvalue weighted by Gasteiger charge is -2.45. The van der Waals surface area contributed by atoms with Gasteiger partial charge in [0.05, 0.1) is 26.0 Å². The van der Waals surface area contributed by atoms with Gasteiger partial charge in [-0.15, -0.1) is 0 Å². The summed E-state index contributed by atoms with van der Waals surface area (Å²) in [6, 6.07) is 0. The highest BCUT2D eigenvalue weighted by Gasteiger charge is 2.39. The van der Waals surface area contributed by atoms with E-state index < -0.39 is 0 Å².